The third-order valence-corrected chi connectivity index (χ3v) is 7.77. The van der Waals surface area contributed by atoms with Gasteiger partial charge in [-0.25, -0.2) is 0 Å². The fourth-order valence-electron chi connectivity index (χ4n) is 5.88. The number of nitrogens with zero attached hydrogens (tertiary/aromatic N) is 8. The summed E-state index contributed by atoms with van der Waals surface area (Å²) < 4.78 is 40.2. The molecule has 0 fully saturated rings. The quantitative estimate of drug-likeness (QED) is 0.269. The molecule has 11 heteroatoms. The fourth-order valence-corrected chi connectivity index (χ4v) is 5.88. The molecule has 2 aliphatic rings. The SMILES string of the molecule is C/C(C#N)=C1/C(c2ccc(C#N)cc2)=C(C#N)c2c(C#N)c3c(c(C#N)c21)C(=C(C#N)C#N)C(c1ccc(C(F)(F)F)cc1)=C3C#N. The van der Waals surface area contributed by atoms with E-state index in [0.29, 0.717) is 11.1 Å². The van der Waals surface area contributed by atoms with Gasteiger partial charge in [-0.05, 0) is 42.3 Å². The number of benzene rings is 3. The van der Waals surface area contributed by atoms with Crippen LogP contribution in [0.15, 0.2) is 59.7 Å². The molecule has 3 aromatic carbocycles. The van der Waals surface area contributed by atoms with Crippen LogP contribution in [0.4, 0.5) is 13.2 Å². The summed E-state index contributed by atoms with van der Waals surface area (Å²) in [5.41, 5.74) is -2.38. The Morgan fingerprint density at radius 1 is 0.532 bits per heavy atom. The first kappa shape index (κ1) is 30.8. The molecule has 0 saturated carbocycles. The van der Waals surface area contributed by atoms with Gasteiger partial charge < -0.3 is 0 Å². The Bertz CT molecular complexity index is 2440. The van der Waals surface area contributed by atoms with Gasteiger partial charge in [-0.3, -0.25) is 0 Å². The molecule has 0 aromatic heterocycles. The van der Waals surface area contributed by atoms with Gasteiger partial charge in [0.05, 0.1) is 45.5 Å². The van der Waals surface area contributed by atoms with Crippen molar-refractivity contribution in [3.63, 3.8) is 0 Å². The van der Waals surface area contributed by atoms with Crippen LogP contribution >= 0.6 is 0 Å². The maximum absolute atomic E-state index is 13.4. The Kier molecular flexibility index (Phi) is 7.49. The monoisotopic (exact) mass is 612 g/mol. The number of fused-ring (bicyclic) bond motifs is 2. The lowest BCUT2D eigenvalue weighted by molar-refractivity contribution is -0.137. The molecule has 0 spiro atoms. The molecule has 2 aliphatic carbocycles. The average Bonchev–Trinajstić information content (AvgIpc) is 3.60. The molecule has 8 nitrogen and oxygen atoms in total. The molecule has 0 bridgehead atoms. The first-order valence-corrected chi connectivity index (χ1v) is 13.2. The van der Waals surface area contributed by atoms with Crippen molar-refractivity contribution in [2.75, 3.05) is 0 Å². The van der Waals surface area contributed by atoms with E-state index in [2.05, 4.69) is 6.07 Å². The summed E-state index contributed by atoms with van der Waals surface area (Å²) in [7, 11) is 0. The predicted molar refractivity (Wildman–Crippen MR) is 160 cm³/mol. The molecule has 3 aromatic rings. The van der Waals surface area contributed by atoms with E-state index in [4.69, 9.17) is 0 Å². The van der Waals surface area contributed by atoms with E-state index in [9.17, 15) is 55.3 Å². The fraction of sp³-hybridized carbons (Fsp3) is 0.0556. The summed E-state index contributed by atoms with van der Waals surface area (Å²) in [6.07, 6.45) is -4.69. The van der Waals surface area contributed by atoms with Crippen LogP contribution in [0.5, 0.6) is 0 Å². The van der Waals surface area contributed by atoms with Crippen molar-refractivity contribution in [1.29, 1.82) is 42.1 Å². The Morgan fingerprint density at radius 2 is 0.979 bits per heavy atom. The van der Waals surface area contributed by atoms with Crippen molar-refractivity contribution in [1.82, 2.24) is 0 Å². The van der Waals surface area contributed by atoms with E-state index in [-0.39, 0.29) is 78.0 Å². The van der Waals surface area contributed by atoms with Crippen LogP contribution in [-0.2, 0) is 6.18 Å². The summed E-state index contributed by atoms with van der Waals surface area (Å²) in [6, 6.07) is 25.2. The van der Waals surface area contributed by atoms with Crippen LogP contribution in [0.2, 0.25) is 0 Å². The first-order valence-electron chi connectivity index (χ1n) is 13.2. The number of allylic oxidation sites excluding steroid dienone is 8. The number of halogens is 3. The Balaban J connectivity index is 2.03. The minimum absolute atomic E-state index is 0.00465. The van der Waals surface area contributed by atoms with E-state index >= 15 is 0 Å². The van der Waals surface area contributed by atoms with E-state index in [1.54, 1.807) is 12.1 Å². The van der Waals surface area contributed by atoms with Gasteiger partial charge in [0.1, 0.15) is 42.0 Å². The number of hydrogen-bond acceptors (Lipinski definition) is 8. The normalized spacial score (nSPS) is 13.8. The van der Waals surface area contributed by atoms with Gasteiger partial charge in [0.15, 0.2) is 0 Å². The second kappa shape index (κ2) is 11.4. The maximum atomic E-state index is 13.4. The standard InChI is InChI=1S/C36H11F3N8/c1-18(10-40)28-29(20-4-2-19(11-41)3-5-20)24(14-44)32-26(16-46)33-25(15-45)30(21-6-8-23(9-7-21)36(37,38)39)31(22(12-42)13-43)35(33)27(17-47)34(28)32/h2-9H,1H3/b28-18+. The van der Waals surface area contributed by atoms with Crippen LogP contribution in [0, 0.1) is 90.6 Å². The number of alkyl halides is 3. The molecule has 0 saturated heterocycles. The summed E-state index contributed by atoms with van der Waals surface area (Å²) in [5, 5.41) is 81.6. The van der Waals surface area contributed by atoms with Crippen molar-refractivity contribution < 1.29 is 13.2 Å². The molecular weight excluding hydrogens is 601 g/mol. The van der Waals surface area contributed by atoms with Gasteiger partial charge in [0.2, 0.25) is 0 Å². The summed E-state index contributed by atoms with van der Waals surface area (Å²) in [6.45, 7) is 1.43. The van der Waals surface area contributed by atoms with Crippen LogP contribution in [-0.4, -0.2) is 0 Å². The zero-order valence-corrected chi connectivity index (χ0v) is 23.8. The molecule has 0 atom stereocenters. The van der Waals surface area contributed by atoms with E-state index in [1.807, 2.05) is 30.3 Å². The molecule has 0 heterocycles. The summed E-state index contributed by atoms with van der Waals surface area (Å²) >= 11 is 0. The number of rotatable bonds is 2. The van der Waals surface area contributed by atoms with Crippen LogP contribution in [0.1, 0.15) is 62.6 Å². The minimum atomic E-state index is -4.69. The van der Waals surface area contributed by atoms with E-state index in [1.165, 1.54) is 31.2 Å². The lowest BCUT2D eigenvalue weighted by Crippen LogP contribution is -2.05. The van der Waals surface area contributed by atoms with E-state index in [0.717, 1.165) is 24.3 Å². The van der Waals surface area contributed by atoms with Crippen molar-refractivity contribution in [3.05, 3.63) is 115 Å². The van der Waals surface area contributed by atoms with Crippen molar-refractivity contribution in [3.8, 4) is 48.6 Å². The lowest BCUT2D eigenvalue weighted by atomic mass is 9.82. The molecule has 0 radical (unpaired) electrons. The van der Waals surface area contributed by atoms with E-state index < -0.39 is 17.3 Å². The van der Waals surface area contributed by atoms with Crippen LogP contribution < -0.4 is 0 Å². The number of hydrogen-bond donors (Lipinski definition) is 0. The highest BCUT2D eigenvalue weighted by atomic mass is 19.4. The molecule has 0 N–H and O–H groups in total. The highest BCUT2D eigenvalue weighted by molar-refractivity contribution is 6.31. The highest BCUT2D eigenvalue weighted by Crippen LogP contribution is 2.58. The second-order valence-electron chi connectivity index (χ2n) is 10.0. The first-order chi connectivity index (χ1) is 22.6. The molecule has 5 rings (SSSR count). The van der Waals surface area contributed by atoms with Gasteiger partial charge in [-0.2, -0.15) is 55.3 Å². The average molecular weight is 613 g/mol. The van der Waals surface area contributed by atoms with Gasteiger partial charge in [-0.1, -0.05) is 24.3 Å². The smallest absolute Gasteiger partial charge is 0.193 e. The van der Waals surface area contributed by atoms with Crippen LogP contribution in [0.25, 0.3) is 33.4 Å². The largest absolute Gasteiger partial charge is 0.416 e. The molecule has 47 heavy (non-hydrogen) atoms. The second-order valence-corrected chi connectivity index (χ2v) is 10.0. The number of nitriles is 8. The highest BCUT2D eigenvalue weighted by Gasteiger charge is 2.43. The maximum Gasteiger partial charge on any atom is 0.416 e. The molecule has 216 valence electrons. The summed E-state index contributed by atoms with van der Waals surface area (Å²) in [5.74, 6) is 0. The zero-order chi connectivity index (χ0) is 34.2. The van der Waals surface area contributed by atoms with Crippen LogP contribution in [0.3, 0.4) is 0 Å². The van der Waals surface area contributed by atoms with Gasteiger partial charge in [-0.15, -0.1) is 0 Å². The molecule has 0 aliphatic heterocycles. The molecular formula is C36H11F3N8. The third-order valence-electron chi connectivity index (χ3n) is 7.77. The Labute approximate surface area is 265 Å². The van der Waals surface area contributed by atoms with Gasteiger partial charge in [0.25, 0.3) is 0 Å². The lowest BCUT2D eigenvalue weighted by Gasteiger charge is -2.16. The van der Waals surface area contributed by atoms with Gasteiger partial charge in [0, 0.05) is 50.1 Å². The van der Waals surface area contributed by atoms with Crippen molar-refractivity contribution >= 4 is 33.4 Å². The zero-order valence-electron chi connectivity index (χ0n) is 23.8. The Morgan fingerprint density at radius 3 is 1.38 bits per heavy atom. The third kappa shape index (κ3) is 4.47. The van der Waals surface area contributed by atoms with Gasteiger partial charge >= 0.3 is 6.18 Å². The predicted octanol–water partition coefficient (Wildman–Crippen LogP) is 7.31. The molecule has 0 amide bonds. The Hall–Kier alpha value is -7.67. The topological polar surface area (TPSA) is 190 Å². The van der Waals surface area contributed by atoms with Crippen molar-refractivity contribution in [2.24, 2.45) is 0 Å². The minimum Gasteiger partial charge on any atom is -0.193 e. The van der Waals surface area contributed by atoms with Crippen molar-refractivity contribution in [2.45, 2.75) is 13.1 Å². The molecule has 0 unspecified atom stereocenters. The summed E-state index contributed by atoms with van der Waals surface area (Å²) in [4.78, 5) is 0.